The van der Waals surface area contributed by atoms with Gasteiger partial charge >= 0.3 is 0 Å². The number of halogens is 1. The topological polar surface area (TPSA) is 87.8 Å². The maximum Gasteiger partial charge on any atom is 0.200 e. The molecule has 2 aliphatic carbocycles. The van der Waals surface area contributed by atoms with Crippen LogP contribution in [-0.4, -0.2) is 10.4 Å². The molecule has 1 aromatic carbocycles. The minimum atomic E-state index is -0.267. The molecule has 1 atom stereocenters. The summed E-state index contributed by atoms with van der Waals surface area (Å²) < 4.78 is 2.01. The molecular weight excluding hydrogens is 420 g/mol. The second kappa shape index (κ2) is 7.27. The number of thiophene rings is 1. The molecule has 8 heteroatoms. The number of aromatic nitrogens is 1. The molecule has 0 amide bonds. The van der Waals surface area contributed by atoms with E-state index in [-0.39, 0.29) is 28.9 Å². The number of benzene rings is 1. The molecule has 2 aromatic heterocycles. The third-order valence-corrected chi connectivity index (χ3v) is 7.62. The Balaban J connectivity index is 1.73. The van der Waals surface area contributed by atoms with Gasteiger partial charge in [-0.1, -0.05) is 22.8 Å². The number of carbonyl (C=O) groups excluding carboxylic acids is 1. The van der Waals surface area contributed by atoms with Crippen molar-refractivity contribution >= 4 is 39.6 Å². The van der Waals surface area contributed by atoms with Crippen LogP contribution >= 0.6 is 22.9 Å². The molecule has 3 aromatic rings. The molecular formula is C22H19ClN4O2S. The number of aryl methyl sites for hydroxylation is 1. The van der Waals surface area contributed by atoms with Crippen LogP contribution in [0.4, 0.5) is 0 Å². The number of rotatable bonds is 4. The zero-order valence-electron chi connectivity index (χ0n) is 16.4. The summed E-state index contributed by atoms with van der Waals surface area (Å²) in [6.45, 7) is 1.42. The largest absolute Gasteiger partial charge is 0.342 e. The highest BCUT2D eigenvalue weighted by Gasteiger charge is 2.29. The highest BCUT2D eigenvalue weighted by Crippen LogP contribution is 2.45. The molecule has 1 saturated carbocycles. The molecule has 1 unspecified atom stereocenters. The van der Waals surface area contributed by atoms with Crippen molar-refractivity contribution in [1.82, 2.24) is 4.57 Å². The van der Waals surface area contributed by atoms with Crippen molar-refractivity contribution in [2.45, 2.75) is 51.1 Å². The maximum absolute atomic E-state index is 12.9. The standard InChI is InChI=1S/C22H19ClN4O2S/c1-11(28)16-10-27(12-5-6-12)21-14(22(16)29)8-7-13(20(21)23)19-9-15-17(25-26-24)3-2-4-18(15)30-19/h7-10,12,17H,2-6H2,1H3. The number of fused-ring (bicyclic) bond motifs is 2. The molecule has 6 nitrogen and oxygen atoms in total. The minimum absolute atomic E-state index is 0.134. The molecule has 30 heavy (non-hydrogen) atoms. The fourth-order valence-corrected chi connectivity index (χ4v) is 6.05. The fraction of sp³-hybridized carbons (Fsp3) is 0.364. The molecule has 0 N–H and O–H groups in total. The summed E-state index contributed by atoms with van der Waals surface area (Å²) in [4.78, 5) is 30.1. The Kier molecular flexibility index (Phi) is 4.69. The van der Waals surface area contributed by atoms with E-state index in [0.29, 0.717) is 15.9 Å². The van der Waals surface area contributed by atoms with Crippen LogP contribution < -0.4 is 5.43 Å². The Hall–Kier alpha value is -2.60. The first-order chi connectivity index (χ1) is 14.5. The van der Waals surface area contributed by atoms with Gasteiger partial charge in [-0.15, -0.1) is 11.3 Å². The van der Waals surface area contributed by atoms with E-state index in [1.165, 1.54) is 11.8 Å². The quantitative estimate of drug-likeness (QED) is 0.198. The smallest absolute Gasteiger partial charge is 0.200 e. The first-order valence-electron chi connectivity index (χ1n) is 10.0. The number of carbonyl (C=O) groups is 1. The van der Waals surface area contributed by atoms with E-state index in [0.717, 1.165) is 48.1 Å². The van der Waals surface area contributed by atoms with Gasteiger partial charge in [0.15, 0.2) is 11.2 Å². The van der Waals surface area contributed by atoms with E-state index >= 15 is 0 Å². The molecule has 0 radical (unpaired) electrons. The Morgan fingerprint density at radius 2 is 2.13 bits per heavy atom. The van der Waals surface area contributed by atoms with Crippen LogP contribution in [0.25, 0.3) is 31.8 Å². The van der Waals surface area contributed by atoms with Gasteiger partial charge in [-0.05, 0) is 62.3 Å². The molecule has 2 heterocycles. The van der Waals surface area contributed by atoms with Crippen LogP contribution in [0.3, 0.4) is 0 Å². The number of ketones is 1. The third-order valence-electron chi connectivity index (χ3n) is 5.99. The van der Waals surface area contributed by atoms with Crippen molar-refractivity contribution in [3.8, 4) is 10.4 Å². The Labute approximate surface area is 181 Å². The number of pyridine rings is 1. The number of hydrogen-bond donors (Lipinski definition) is 0. The van der Waals surface area contributed by atoms with Gasteiger partial charge in [-0.25, -0.2) is 0 Å². The number of hydrogen-bond acceptors (Lipinski definition) is 4. The van der Waals surface area contributed by atoms with Gasteiger partial charge in [0.2, 0.25) is 0 Å². The lowest BCUT2D eigenvalue weighted by molar-refractivity contribution is 0.101. The highest BCUT2D eigenvalue weighted by molar-refractivity contribution is 7.15. The first kappa shape index (κ1) is 19.4. The number of nitrogens with zero attached hydrogens (tertiary/aromatic N) is 4. The second-order valence-electron chi connectivity index (χ2n) is 7.99. The van der Waals surface area contributed by atoms with Gasteiger partial charge < -0.3 is 4.57 Å². The lowest BCUT2D eigenvalue weighted by atomic mass is 9.94. The lowest BCUT2D eigenvalue weighted by Gasteiger charge is -2.17. The van der Waals surface area contributed by atoms with E-state index in [1.807, 2.05) is 10.6 Å². The van der Waals surface area contributed by atoms with Crippen molar-refractivity contribution in [2.75, 3.05) is 0 Å². The molecule has 1 fully saturated rings. The van der Waals surface area contributed by atoms with Gasteiger partial charge in [0.05, 0.1) is 22.1 Å². The monoisotopic (exact) mass is 438 g/mol. The average Bonchev–Trinajstić information content (AvgIpc) is 3.47. The van der Waals surface area contributed by atoms with E-state index in [1.54, 1.807) is 23.6 Å². The van der Waals surface area contributed by atoms with Crippen LogP contribution in [-0.2, 0) is 6.42 Å². The summed E-state index contributed by atoms with van der Waals surface area (Å²) in [6, 6.07) is 5.87. The minimum Gasteiger partial charge on any atom is -0.342 e. The summed E-state index contributed by atoms with van der Waals surface area (Å²) in [6.07, 6.45) is 6.52. The SMILES string of the molecule is CC(=O)c1cn(C2CC2)c2c(Cl)c(-c3cc4c(s3)CCCC4N=[N+]=[N-])ccc2c1=O. The molecule has 0 saturated heterocycles. The summed E-state index contributed by atoms with van der Waals surface area (Å²) in [7, 11) is 0. The van der Waals surface area contributed by atoms with Gasteiger partial charge in [0.25, 0.3) is 0 Å². The summed E-state index contributed by atoms with van der Waals surface area (Å²) in [5.74, 6) is -0.230. The van der Waals surface area contributed by atoms with Crippen LogP contribution in [0.5, 0.6) is 0 Å². The van der Waals surface area contributed by atoms with E-state index in [9.17, 15) is 9.59 Å². The molecule has 0 aliphatic heterocycles. The van der Waals surface area contributed by atoms with Crippen LogP contribution in [0.2, 0.25) is 5.02 Å². The molecule has 0 bridgehead atoms. The number of azide groups is 1. The van der Waals surface area contributed by atoms with Crippen molar-refractivity contribution in [3.05, 3.63) is 66.1 Å². The van der Waals surface area contributed by atoms with Crippen LogP contribution in [0.15, 0.2) is 34.3 Å². The third kappa shape index (κ3) is 3.05. The first-order valence-corrected chi connectivity index (χ1v) is 11.2. The molecule has 5 rings (SSSR count). The van der Waals surface area contributed by atoms with E-state index in [4.69, 9.17) is 17.1 Å². The van der Waals surface area contributed by atoms with E-state index < -0.39 is 0 Å². The van der Waals surface area contributed by atoms with Gasteiger partial charge in [0.1, 0.15) is 0 Å². The zero-order valence-corrected chi connectivity index (χ0v) is 18.0. The Bertz CT molecular complexity index is 1310. The predicted octanol–water partition coefficient (Wildman–Crippen LogP) is 6.61. The normalized spacial score (nSPS) is 18.1. The van der Waals surface area contributed by atoms with Gasteiger partial charge in [0, 0.05) is 37.9 Å². The fourth-order valence-electron chi connectivity index (χ4n) is 4.34. The highest BCUT2D eigenvalue weighted by atomic mass is 35.5. The summed E-state index contributed by atoms with van der Waals surface area (Å²) in [5, 5.41) is 4.98. The number of Topliss-reactive ketones (excluding diaryl/α,β-unsaturated/α-hetero) is 1. The van der Waals surface area contributed by atoms with Crippen LogP contribution in [0, 0.1) is 0 Å². The van der Waals surface area contributed by atoms with Crippen molar-refractivity contribution in [3.63, 3.8) is 0 Å². The molecule has 0 spiro atoms. The van der Waals surface area contributed by atoms with E-state index in [2.05, 4.69) is 16.1 Å². The lowest BCUT2D eigenvalue weighted by Crippen LogP contribution is -2.17. The Morgan fingerprint density at radius 3 is 2.83 bits per heavy atom. The van der Waals surface area contributed by atoms with Crippen molar-refractivity contribution < 1.29 is 4.79 Å². The Morgan fingerprint density at radius 1 is 1.33 bits per heavy atom. The molecule has 2 aliphatic rings. The average molecular weight is 439 g/mol. The zero-order chi connectivity index (χ0) is 21.0. The summed E-state index contributed by atoms with van der Waals surface area (Å²) >= 11 is 8.57. The molecule has 152 valence electrons. The second-order valence-corrected chi connectivity index (χ2v) is 9.51. The van der Waals surface area contributed by atoms with Gasteiger partial charge in [-0.2, -0.15) is 0 Å². The maximum atomic E-state index is 12.9. The van der Waals surface area contributed by atoms with Crippen molar-refractivity contribution in [2.24, 2.45) is 5.11 Å². The summed E-state index contributed by atoms with van der Waals surface area (Å²) in [5.41, 5.74) is 11.5. The predicted molar refractivity (Wildman–Crippen MR) is 120 cm³/mol. The van der Waals surface area contributed by atoms with Gasteiger partial charge in [-0.3, -0.25) is 9.59 Å². The van der Waals surface area contributed by atoms with Crippen molar-refractivity contribution in [1.29, 1.82) is 0 Å². The van der Waals surface area contributed by atoms with Crippen LogP contribution in [0.1, 0.15) is 65.5 Å².